The summed E-state index contributed by atoms with van der Waals surface area (Å²) in [6, 6.07) is 0.221. The Morgan fingerprint density at radius 2 is 2.29 bits per heavy atom. The van der Waals surface area contributed by atoms with Crippen LogP contribution in [0.4, 0.5) is 0 Å². The van der Waals surface area contributed by atoms with Gasteiger partial charge in [0.1, 0.15) is 5.82 Å². The molecule has 0 amide bonds. The molecule has 1 aromatic rings. The lowest BCUT2D eigenvalue weighted by Crippen LogP contribution is -2.43. The zero-order valence-corrected chi connectivity index (χ0v) is 12.1. The van der Waals surface area contributed by atoms with Gasteiger partial charge in [-0.1, -0.05) is 6.92 Å². The summed E-state index contributed by atoms with van der Waals surface area (Å²) in [5, 5.41) is 1.29. The number of imidazole rings is 1. The third-order valence-electron chi connectivity index (χ3n) is 3.26. The molecule has 0 spiro atoms. The van der Waals surface area contributed by atoms with Gasteiger partial charge in [0.2, 0.25) is 0 Å². The Balaban J connectivity index is 1.98. The summed E-state index contributed by atoms with van der Waals surface area (Å²) in [6.45, 7) is 2.27. The molecular formula is C12H21N3S2. The maximum Gasteiger partial charge on any atom is 0.109 e. The van der Waals surface area contributed by atoms with Gasteiger partial charge >= 0.3 is 0 Å². The Bertz CT molecular complexity index is 353. The van der Waals surface area contributed by atoms with Gasteiger partial charge in [-0.25, -0.2) is 4.98 Å². The highest BCUT2D eigenvalue weighted by Crippen LogP contribution is 2.35. The number of hydrogen-bond acceptors (Lipinski definition) is 4. The largest absolute Gasteiger partial charge is 0.338 e. The minimum Gasteiger partial charge on any atom is -0.338 e. The van der Waals surface area contributed by atoms with Crippen molar-refractivity contribution in [3.63, 3.8) is 0 Å². The Labute approximate surface area is 112 Å². The van der Waals surface area contributed by atoms with E-state index in [1.54, 1.807) is 0 Å². The molecule has 3 atom stereocenters. The normalized spacial score (nSPS) is 27.0. The van der Waals surface area contributed by atoms with Gasteiger partial charge in [-0.05, 0) is 6.42 Å². The number of aryl methyl sites for hydroxylation is 1. The molecule has 1 aliphatic heterocycles. The number of aromatic nitrogens is 2. The fraction of sp³-hybridized carbons (Fsp3) is 0.750. The molecule has 0 aromatic carbocycles. The molecule has 0 bridgehead atoms. The van der Waals surface area contributed by atoms with Gasteiger partial charge in [-0.2, -0.15) is 23.5 Å². The molecule has 1 fully saturated rings. The SMILES string of the molecule is CCC1SCCSC1C(N)Cc1nccn1C. The van der Waals surface area contributed by atoms with Crippen LogP contribution in [0.5, 0.6) is 0 Å². The molecule has 2 heterocycles. The number of thioether (sulfide) groups is 2. The Kier molecular flexibility index (Phi) is 4.82. The number of nitrogens with zero attached hydrogens (tertiary/aromatic N) is 2. The maximum atomic E-state index is 6.39. The zero-order valence-electron chi connectivity index (χ0n) is 10.5. The lowest BCUT2D eigenvalue weighted by molar-refractivity contribution is 0.573. The van der Waals surface area contributed by atoms with Crippen molar-refractivity contribution in [3.8, 4) is 0 Å². The molecule has 2 N–H and O–H groups in total. The van der Waals surface area contributed by atoms with Crippen LogP contribution in [0, 0.1) is 0 Å². The van der Waals surface area contributed by atoms with Crippen LogP contribution < -0.4 is 5.73 Å². The molecule has 0 aliphatic carbocycles. The van der Waals surface area contributed by atoms with E-state index in [0.717, 1.165) is 12.2 Å². The molecule has 3 nitrogen and oxygen atoms in total. The van der Waals surface area contributed by atoms with E-state index in [1.165, 1.54) is 17.9 Å². The Morgan fingerprint density at radius 3 is 2.94 bits per heavy atom. The molecule has 1 aliphatic rings. The second-order valence-corrected chi connectivity index (χ2v) is 7.11. The van der Waals surface area contributed by atoms with Crippen LogP contribution in [0.3, 0.4) is 0 Å². The number of nitrogens with two attached hydrogens (primary N) is 1. The third kappa shape index (κ3) is 3.20. The van der Waals surface area contributed by atoms with Crippen LogP contribution in [-0.2, 0) is 13.5 Å². The first kappa shape index (κ1) is 13.3. The van der Waals surface area contributed by atoms with Crippen LogP contribution in [0.2, 0.25) is 0 Å². The minimum atomic E-state index is 0.221. The monoisotopic (exact) mass is 271 g/mol. The van der Waals surface area contributed by atoms with E-state index >= 15 is 0 Å². The van der Waals surface area contributed by atoms with Crippen LogP contribution in [0.1, 0.15) is 19.2 Å². The molecular weight excluding hydrogens is 250 g/mol. The van der Waals surface area contributed by atoms with Crippen molar-refractivity contribution >= 4 is 23.5 Å². The fourth-order valence-electron chi connectivity index (χ4n) is 2.26. The smallest absolute Gasteiger partial charge is 0.109 e. The highest BCUT2D eigenvalue weighted by atomic mass is 32.2. The minimum absolute atomic E-state index is 0.221. The molecule has 1 aromatic heterocycles. The first-order chi connectivity index (χ1) is 8.22. The lowest BCUT2D eigenvalue weighted by atomic mass is 10.1. The summed E-state index contributed by atoms with van der Waals surface area (Å²) in [6.07, 6.45) is 5.94. The second kappa shape index (κ2) is 6.16. The van der Waals surface area contributed by atoms with E-state index in [9.17, 15) is 0 Å². The summed E-state index contributed by atoms with van der Waals surface area (Å²) in [7, 11) is 2.04. The van der Waals surface area contributed by atoms with Crippen molar-refractivity contribution in [1.29, 1.82) is 0 Å². The summed E-state index contributed by atoms with van der Waals surface area (Å²) in [5.41, 5.74) is 6.39. The van der Waals surface area contributed by atoms with Crippen LogP contribution >= 0.6 is 23.5 Å². The molecule has 3 unspecified atom stereocenters. The quantitative estimate of drug-likeness (QED) is 0.908. The van der Waals surface area contributed by atoms with Gasteiger partial charge in [0.15, 0.2) is 0 Å². The molecule has 1 saturated heterocycles. The van der Waals surface area contributed by atoms with Gasteiger partial charge in [0.25, 0.3) is 0 Å². The van der Waals surface area contributed by atoms with Gasteiger partial charge in [0.05, 0.1) is 0 Å². The maximum absolute atomic E-state index is 6.39. The van der Waals surface area contributed by atoms with Crippen LogP contribution in [0.25, 0.3) is 0 Å². The summed E-state index contributed by atoms with van der Waals surface area (Å²) < 4.78 is 2.07. The van der Waals surface area contributed by atoms with Gasteiger partial charge in [-0.15, -0.1) is 0 Å². The van der Waals surface area contributed by atoms with Crippen LogP contribution in [0.15, 0.2) is 12.4 Å². The van der Waals surface area contributed by atoms with E-state index in [4.69, 9.17) is 5.73 Å². The van der Waals surface area contributed by atoms with E-state index in [1.807, 2.05) is 31.2 Å². The van der Waals surface area contributed by atoms with Gasteiger partial charge in [-0.3, -0.25) is 0 Å². The van der Waals surface area contributed by atoms with Crippen molar-refractivity contribution in [1.82, 2.24) is 9.55 Å². The van der Waals surface area contributed by atoms with Crippen molar-refractivity contribution in [2.75, 3.05) is 11.5 Å². The average Bonchev–Trinajstić information content (AvgIpc) is 2.75. The third-order valence-corrected chi connectivity index (χ3v) is 6.68. The Hall–Kier alpha value is -0.130. The fourth-order valence-corrected chi connectivity index (χ4v) is 5.45. The first-order valence-electron chi connectivity index (χ1n) is 6.17. The van der Waals surface area contributed by atoms with Gasteiger partial charge < -0.3 is 10.3 Å². The standard InChI is InChI=1S/C12H21N3S2/c1-3-10-12(17-7-6-16-10)9(13)8-11-14-4-5-15(11)2/h4-5,9-10,12H,3,6-8,13H2,1-2H3. The van der Waals surface area contributed by atoms with E-state index in [0.29, 0.717) is 10.5 Å². The predicted molar refractivity (Wildman–Crippen MR) is 77.7 cm³/mol. The second-order valence-electron chi connectivity index (χ2n) is 4.48. The molecule has 2 rings (SSSR count). The van der Waals surface area contributed by atoms with Gasteiger partial charge in [0, 0.05) is 53.9 Å². The van der Waals surface area contributed by atoms with Crippen LogP contribution in [-0.4, -0.2) is 37.6 Å². The van der Waals surface area contributed by atoms with Crippen molar-refractivity contribution in [2.24, 2.45) is 12.8 Å². The molecule has 0 radical (unpaired) electrons. The molecule has 17 heavy (non-hydrogen) atoms. The highest BCUT2D eigenvalue weighted by molar-refractivity contribution is 8.07. The van der Waals surface area contributed by atoms with Crippen molar-refractivity contribution < 1.29 is 0 Å². The van der Waals surface area contributed by atoms with E-state index in [-0.39, 0.29) is 6.04 Å². The highest BCUT2D eigenvalue weighted by Gasteiger charge is 2.30. The molecule has 0 saturated carbocycles. The lowest BCUT2D eigenvalue weighted by Gasteiger charge is -2.34. The topological polar surface area (TPSA) is 43.8 Å². The summed E-state index contributed by atoms with van der Waals surface area (Å²) in [4.78, 5) is 4.37. The van der Waals surface area contributed by atoms with E-state index < -0.39 is 0 Å². The summed E-state index contributed by atoms with van der Waals surface area (Å²) >= 11 is 4.14. The van der Waals surface area contributed by atoms with Crippen molar-refractivity contribution in [2.45, 2.75) is 36.3 Å². The Morgan fingerprint density at radius 1 is 1.53 bits per heavy atom. The molecule has 96 valence electrons. The van der Waals surface area contributed by atoms with Crippen molar-refractivity contribution in [3.05, 3.63) is 18.2 Å². The number of rotatable bonds is 4. The molecule has 5 heteroatoms. The summed E-state index contributed by atoms with van der Waals surface area (Å²) in [5.74, 6) is 3.61. The number of hydrogen-bond donors (Lipinski definition) is 1. The first-order valence-corrected chi connectivity index (χ1v) is 8.27. The zero-order chi connectivity index (χ0) is 12.3. The average molecular weight is 271 g/mol. The predicted octanol–water partition coefficient (Wildman–Crippen LogP) is 1.92. The van der Waals surface area contributed by atoms with E-state index in [2.05, 4.69) is 28.2 Å².